The van der Waals surface area contributed by atoms with E-state index in [1.54, 1.807) is 11.8 Å². The van der Waals surface area contributed by atoms with Crippen LogP contribution in [0.25, 0.3) is 10.8 Å². The number of carbonyl (C=O) groups is 1. The lowest BCUT2D eigenvalue weighted by Crippen LogP contribution is -2.48. The van der Waals surface area contributed by atoms with Crippen LogP contribution in [0.15, 0.2) is 47.6 Å². The summed E-state index contributed by atoms with van der Waals surface area (Å²) in [4.78, 5) is 15.3. The first-order valence-electron chi connectivity index (χ1n) is 13.0. The van der Waals surface area contributed by atoms with Crippen molar-refractivity contribution in [2.75, 3.05) is 5.75 Å². The van der Waals surface area contributed by atoms with E-state index in [0.29, 0.717) is 23.9 Å². The molecule has 34 heavy (non-hydrogen) atoms. The molecule has 2 aliphatic rings. The highest BCUT2D eigenvalue weighted by molar-refractivity contribution is 7.99. The summed E-state index contributed by atoms with van der Waals surface area (Å²) in [5, 5.41) is 12.8. The van der Waals surface area contributed by atoms with Gasteiger partial charge in [0.25, 0.3) is 0 Å². The molecule has 1 aliphatic carbocycles. The Labute approximate surface area is 207 Å². The zero-order valence-electron chi connectivity index (χ0n) is 20.4. The molecule has 5 nitrogen and oxygen atoms in total. The van der Waals surface area contributed by atoms with Crippen LogP contribution in [-0.2, 0) is 11.2 Å². The molecule has 2 atom stereocenters. The van der Waals surface area contributed by atoms with E-state index in [0.717, 1.165) is 30.2 Å². The second-order valence-corrected chi connectivity index (χ2v) is 11.0. The van der Waals surface area contributed by atoms with Crippen LogP contribution >= 0.6 is 11.8 Å². The Hall–Kier alpha value is -2.34. The fraction of sp³-hybridized carbons (Fsp3) is 0.536. The third kappa shape index (κ3) is 4.88. The Morgan fingerprint density at radius 1 is 0.912 bits per heavy atom. The van der Waals surface area contributed by atoms with Crippen LogP contribution < -0.4 is 0 Å². The molecule has 1 saturated carbocycles. The smallest absolute Gasteiger partial charge is 0.233 e. The van der Waals surface area contributed by atoms with Crippen LogP contribution in [-0.4, -0.2) is 43.4 Å². The van der Waals surface area contributed by atoms with E-state index in [9.17, 15) is 4.79 Å². The summed E-state index contributed by atoms with van der Waals surface area (Å²) in [5.74, 6) is 1.70. The average molecular weight is 477 g/mol. The van der Waals surface area contributed by atoms with Crippen LogP contribution in [0.3, 0.4) is 0 Å². The normalized spacial score (nSPS) is 21.8. The highest BCUT2D eigenvalue weighted by atomic mass is 32.2. The van der Waals surface area contributed by atoms with Crippen LogP contribution in [0.4, 0.5) is 0 Å². The number of benzene rings is 2. The van der Waals surface area contributed by atoms with E-state index in [1.807, 2.05) is 0 Å². The van der Waals surface area contributed by atoms with Crippen molar-refractivity contribution in [1.29, 1.82) is 0 Å². The summed E-state index contributed by atoms with van der Waals surface area (Å²) in [6.45, 7) is 4.37. The van der Waals surface area contributed by atoms with Gasteiger partial charge in [-0.25, -0.2) is 0 Å². The first-order valence-corrected chi connectivity index (χ1v) is 13.9. The van der Waals surface area contributed by atoms with Gasteiger partial charge in [0.2, 0.25) is 5.91 Å². The van der Waals surface area contributed by atoms with E-state index < -0.39 is 0 Å². The molecule has 1 aromatic heterocycles. The molecule has 3 aromatic rings. The number of thioether (sulfide) groups is 1. The molecule has 5 rings (SSSR count). The molecule has 6 heteroatoms. The number of hydrogen-bond donors (Lipinski definition) is 0. The van der Waals surface area contributed by atoms with Crippen LogP contribution in [0.2, 0.25) is 0 Å². The van der Waals surface area contributed by atoms with Gasteiger partial charge in [-0.1, -0.05) is 73.5 Å². The summed E-state index contributed by atoms with van der Waals surface area (Å²) < 4.78 is 2.38. The van der Waals surface area contributed by atoms with Gasteiger partial charge in [-0.3, -0.25) is 4.79 Å². The van der Waals surface area contributed by atoms with Gasteiger partial charge >= 0.3 is 0 Å². The Morgan fingerprint density at radius 2 is 1.65 bits per heavy atom. The summed E-state index contributed by atoms with van der Waals surface area (Å²) in [7, 11) is 0. The molecule has 2 heterocycles. The average Bonchev–Trinajstić information content (AvgIpc) is 3.26. The van der Waals surface area contributed by atoms with E-state index in [4.69, 9.17) is 0 Å². The Kier molecular flexibility index (Phi) is 7.23. The van der Waals surface area contributed by atoms with Gasteiger partial charge in [0.1, 0.15) is 5.82 Å². The Balaban J connectivity index is 1.40. The molecule has 1 saturated heterocycles. The molecular weight excluding hydrogens is 440 g/mol. The van der Waals surface area contributed by atoms with Gasteiger partial charge in [-0.05, 0) is 62.3 Å². The molecule has 0 bridgehead atoms. The predicted molar refractivity (Wildman–Crippen MR) is 139 cm³/mol. The van der Waals surface area contributed by atoms with Crippen molar-refractivity contribution in [1.82, 2.24) is 19.7 Å². The van der Waals surface area contributed by atoms with Gasteiger partial charge in [0.15, 0.2) is 5.16 Å². The molecule has 180 valence electrons. The number of carbonyl (C=O) groups excluding carboxylic acids is 1. The maximum absolute atomic E-state index is 13.2. The SMILES string of the molecule is CC1CCCC(C)N1C(=O)CSc1nnc(Cc2cccc3ccccc23)n1C1CCCCC1. The van der Waals surface area contributed by atoms with Crippen molar-refractivity contribution in [3.05, 3.63) is 53.9 Å². The minimum atomic E-state index is 0.235. The molecule has 0 radical (unpaired) electrons. The maximum Gasteiger partial charge on any atom is 0.233 e. The van der Waals surface area contributed by atoms with E-state index in [2.05, 4.69) is 76.0 Å². The number of rotatable bonds is 6. The molecule has 2 fully saturated rings. The highest BCUT2D eigenvalue weighted by Crippen LogP contribution is 2.34. The Bertz CT molecular complexity index is 1120. The number of amides is 1. The van der Waals surface area contributed by atoms with Crippen molar-refractivity contribution in [3.63, 3.8) is 0 Å². The third-order valence-corrected chi connectivity index (χ3v) is 8.64. The van der Waals surface area contributed by atoms with Crippen LogP contribution in [0.5, 0.6) is 0 Å². The zero-order chi connectivity index (χ0) is 23.5. The van der Waals surface area contributed by atoms with Gasteiger partial charge in [0.05, 0.1) is 5.75 Å². The van der Waals surface area contributed by atoms with E-state index in [-0.39, 0.29) is 5.91 Å². The molecule has 0 spiro atoms. The molecule has 1 amide bonds. The molecular formula is C28H36N4OS. The fourth-order valence-corrected chi connectivity index (χ4v) is 6.86. The lowest BCUT2D eigenvalue weighted by molar-refractivity contribution is -0.134. The number of aromatic nitrogens is 3. The Morgan fingerprint density at radius 3 is 2.44 bits per heavy atom. The molecule has 2 unspecified atom stereocenters. The summed E-state index contributed by atoms with van der Waals surface area (Å²) in [6.07, 6.45) is 10.3. The van der Waals surface area contributed by atoms with Gasteiger partial charge in [0, 0.05) is 24.5 Å². The van der Waals surface area contributed by atoms with Crippen LogP contribution in [0.1, 0.15) is 82.6 Å². The standard InChI is InChI=1S/C28H36N4OS/c1-20-10-8-11-21(2)31(20)27(33)19-34-28-30-29-26(32(28)24-15-4-3-5-16-24)18-23-14-9-13-22-12-6-7-17-25(22)23/h6-7,9,12-14,17,20-21,24H,3-5,8,10-11,15-16,18-19H2,1-2H3. The second kappa shape index (κ2) is 10.5. The lowest BCUT2D eigenvalue weighted by atomic mass is 9.95. The van der Waals surface area contributed by atoms with Crippen molar-refractivity contribution < 1.29 is 4.79 Å². The number of nitrogens with zero attached hydrogens (tertiary/aromatic N) is 4. The largest absolute Gasteiger partial charge is 0.337 e. The van der Waals surface area contributed by atoms with Crippen LogP contribution in [0, 0.1) is 0 Å². The summed E-state index contributed by atoms with van der Waals surface area (Å²) in [5.41, 5.74) is 1.28. The third-order valence-electron chi connectivity index (χ3n) is 7.71. The lowest BCUT2D eigenvalue weighted by Gasteiger charge is -2.39. The summed E-state index contributed by atoms with van der Waals surface area (Å²) in [6, 6.07) is 16.1. The molecule has 2 aromatic carbocycles. The topological polar surface area (TPSA) is 51.0 Å². The van der Waals surface area contributed by atoms with Crippen molar-refractivity contribution in [2.45, 2.75) is 94.9 Å². The van der Waals surface area contributed by atoms with Crippen molar-refractivity contribution in [3.8, 4) is 0 Å². The van der Waals surface area contributed by atoms with E-state index >= 15 is 0 Å². The highest BCUT2D eigenvalue weighted by Gasteiger charge is 2.30. The predicted octanol–water partition coefficient (Wildman–Crippen LogP) is 6.41. The fourth-order valence-electron chi connectivity index (χ4n) is 5.96. The molecule has 1 aliphatic heterocycles. The van der Waals surface area contributed by atoms with Crippen molar-refractivity contribution >= 4 is 28.4 Å². The minimum Gasteiger partial charge on any atom is -0.337 e. The zero-order valence-corrected chi connectivity index (χ0v) is 21.3. The minimum absolute atomic E-state index is 0.235. The number of likely N-dealkylation sites (tertiary alicyclic amines) is 1. The van der Waals surface area contributed by atoms with Gasteiger partial charge in [-0.2, -0.15) is 0 Å². The number of fused-ring (bicyclic) bond motifs is 1. The van der Waals surface area contributed by atoms with Gasteiger partial charge in [-0.15, -0.1) is 10.2 Å². The quantitative estimate of drug-likeness (QED) is 0.386. The first-order chi connectivity index (χ1) is 16.6. The first kappa shape index (κ1) is 23.4. The van der Waals surface area contributed by atoms with Gasteiger partial charge < -0.3 is 9.47 Å². The monoisotopic (exact) mass is 476 g/mol. The van der Waals surface area contributed by atoms with E-state index in [1.165, 1.54) is 54.9 Å². The second-order valence-electron chi connectivity index (χ2n) is 10.1. The summed E-state index contributed by atoms with van der Waals surface area (Å²) >= 11 is 1.58. The number of piperidine rings is 1. The number of hydrogen-bond acceptors (Lipinski definition) is 4. The van der Waals surface area contributed by atoms with Crippen molar-refractivity contribution in [2.24, 2.45) is 0 Å². The maximum atomic E-state index is 13.2. The molecule has 0 N–H and O–H groups in total.